The van der Waals surface area contributed by atoms with Gasteiger partial charge in [-0.05, 0) is 31.7 Å². The van der Waals surface area contributed by atoms with E-state index < -0.39 is 10.2 Å². The molecule has 1 fully saturated rings. The minimum Gasteiger partial charge on any atom is -0.385 e. The van der Waals surface area contributed by atoms with Gasteiger partial charge in [0.2, 0.25) is 0 Å². The Morgan fingerprint density at radius 1 is 1.43 bits per heavy atom. The summed E-state index contributed by atoms with van der Waals surface area (Å²) in [5.74, 6) is 0.406. The van der Waals surface area contributed by atoms with Crippen molar-refractivity contribution in [3.63, 3.8) is 0 Å². The number of methoxy groups -OCH3 is 1. The molecule has 1 rings (SSSR count). The molecule has 0 bridgehead atoms. The summed E-state index contributed by atoms with van der Waals surface area (Å²) in [5.41, 5.74) is 0. The van der Waals surface area contributed by atoms with E-state index in [2.05, 4.69) is 19.2 Å². The molecule has 7 heteroatoms. The topological polar surface area (TPSA) is 61.9 Å². The molecule has 6 nitrogen and oxygen atoms in total. The maximum atomic E-state index is 12.6. The standard InChI is InChI=1S/C14H31N3O3S/c1-13(2)15-11-14-7-5-9-17(12-14)21(18,19)16(3)8-6-10-20-4/h13-15H,5-12H2,1-4H3. The fraction of sp³-hybridized carbons (Fsp3) is 1.00. The van der Waals surface area contributed by atoms with E-state index in [0.29, 0.717) is 38.2 Å². The monoisotopic (exact) mass is 321 g/mol. The number of hydrogen-bond acceptors (Lipinski definition) is 4. The fourth-order valence-electron chi connectivity index (χ4n) is 2.55. The van der Waals surface area contributed by atoms with Gasteiger partial charge in [0.15, 0.2) is 0 Å². The van der Waals surface area contributed by atoms with Gasteiger partial charge < -0.3 is 10.1 Å². The first-order valence-electron chi connectivity index (χ1n) is 7.81. The zero-order valence-electron chi connectivity index (χ0n) is 13.8. The highest BCUT2D eigenvalue weighted by Crippen LogP contribution is 2.20. The van der Waals surface area contributed by atoms with Gasteiger partial charge in [-0.2, -0.15) is 17.0 Å². The van der Waals surface area contributed by atoms with Crippen molar-refractivity contribution >= 4 is 10.2 Å². The van der Waals surface area contributed by atoms with Gasteiger partial charge in [-0.15, -0.1) is 0 Å². The normalized spacial score (nSPS) is 21.3. The molecule has 0 aromatic carbocycles. The van der Waals surface area contributed by atoms with Crippen LogP contribution < -0.4 is 5.32 Å². The maximum Gasteiger partial charge on any atom is 0.281 e. The van der Waals surface area contributed by atoms with E-state index in [0.717, 1.165) is 25.8 Å². The van der Waals surface area contributed by atoms with Gasteiger partial charge in [0.05, 0.1) is 0 Å². The largest absolute Gasteiger partial charge is 0.385 e. The van der Waals surface area contributed by atoms with Crippen LogP contribution in [0.2, 0.25) is 0 Å². The second-order valence-electron chi connectivity index (χ2n) is 6.10. The molecule has 1 N–H and O–H groups in total. The molecule has 1 aliphatic heterocycles. The van der Waals surface area contributed by atoms with E-state index in [9.17, 15) is 8.42 Å². The smallest absolute Gasteiger partial charge is 0.281 e. The van der Waals surface area contributed by atoms with Gasteiger partial charge in [-0.25, -0.2) is 0 Å². The predicted molar refractivity (Wildman–Crippen MR) is 85.5 cm³/mol. The van der Waals surface area contributed by atoms with Crippen LogP contribution in [-0.2, 0) is 14.9 Å². The minimum atomic E-state index is -3.33. The van der Waals surface area contributed by atoms with E-state index in [1.54, 1.807) is 18.5 Å². The Kier molecular flexibility index (Phi) is 8.12. The first-order valence-corrected chi connectivity index (χ1v) is 9.21. The number of rotatable bonds is 9. The second-order valence-corrected chi connectivity index (χ2v) is 8.14. The molecule has 126 valence electrons. The fourth-order valence-corrected chi connectivity index (χ4v) is 4.06. The number of hydrogen-bond donors (Lipinski definition) is 1. The van der Waals surface area contributed by atoms with Crippen LogP contribution in [0.5, 0.6) is 0 Å². The number of piperidine rings is 1. The van der Waals surface area contributed by atoms with E-state index in [-0.39, 0.29) is 0 Å². The van der Waals surface area contributed by atoms with Gasteiger partial charge in [-0.1, -0.05) is 13.8 Å². The van der Waals surface area contributed by atoms with Crippen molar-refractivity contribution < 1.29 is 13.2 Å². The van der Waals surface area contributed by atoms with Gasteiger partial charge in [-0.3, -0.25) is 0 Å². The Morgan fingerprint density at radius 3 is 2.76 bits per heavy atom. The molecular weight excluding hydrogens is 290 g/mol. The minimum absolute atomic E-state index is 0.406. The van der Waals surface area contributed by atoms with Crippen LogP contribution in [0.3, 0.4) is 0 Å². The van der Waals surface area contributed by atoms with E-state index in [1.807, 2.05) is 0 Å². The number of nitrogens with zero attached hydrogens (tertiary/aromatic N) is 2. The summed E-state index contributed by atoms with van der Waals surface area (Å²) in [6.07, 6.45) is 2.76. The van der Waals surface area contributed by atoms with Gasteiger partial charge in [0, 0.05) is 46.4 Å². The van der Waals surface area contributed by atoms with Crippen LogP contribution in [0.4, 0.5) is 0 Å². The summed E-state index contributed by atoms with van der Waals surface area (Å²) >= 11 is 0. The predicted octanol–water partition coefficient (Wildman–Crippen LogP) is 0.910. The molecule has 1 unspecified atom stereocenters. The molecule has 1 aliphatic rings. The third kappa shape index (κ3) is 6.20. The van der Waals surface area contributed by atoms with Gasteiger partial charge in [0.1, 0.15) is 0 Å². The van der Waals surface area contributed by atoms with Gasteiger partial charge in [0.25, 0.3) is 10.2 Å². The lowest BCUT2D eigenvalue weighted by Gasteiger charge is -2.34. The van der Waals surface area contributed by atoms with Crippen molar-refractivity contribution in [1.29, 1.82) is 0 Å². The van der Waals surface area contributed by atoms with Crippen LogP contribution in [0.15, 0.2) is 0 Å². The summed E-state index contributed by atoms with van der Waals surface area (Å²) in [6.45, 7) is 7.45. The summed E-state index contributed by atoms with van der Waals surface area (Å²) in [6, 6.07) is 0.439. The SMILES string of the molecule is COCCCN(C)S(=O)(=O)N1CCCC(CNC(C)C)C1. The Balaban J connectivity index is 2.53. The lowest BCUT2D eigenvalue weighted by molar-refractivity contribution is 0.187. The Bertz CT molecular complexity index is 387. The summed E-state index contributed by atoms with van der Waals surface area (Å²) in [4.78, 5) is 0. The average molecular weight is 321 g/mol. The third-order valence-corrected chi connectivity index (χ3v) is 5.79. The molecule has 0 saturated carbocycles. The third-order valence-electron chi connectivity index (χ3n) is 3.84. The van der Waals surface area contributed by atoms with Crippen molar-refractivity contribution in [2.45, 2.75) is 39.2 Å². The van der Waals surface area contributed by atoms with E-state index in [1.165, 1.54) is 4.31 Å². The molecular formula is C14H31N3O3S. The lowest BCUT2D eigenvalue weighted by Crippen LogP contribution is -2.48. The first kappa shape index (κ1) is 18.8. The number of nitrogens with one attached hydrogen (secondary N) is 1. The second kappa shape index (κ2) is 9.05. The molecule has 0 spiro atoms. The zero-order chi connectivity index (χ0) is 15.9. The lowest BCUT2D eigenvalue weighted by atomic mass is 9.99. The van der Waals surface area contributed by atoms with Crippen LogP contribution in [0.1, 0.15) is 33.1 Å². The van der Waals surface area contributed by atoms with Crippen LogP contribution in [0, 0.1) is 5.92 Å². The quantitative estimate of drug-likeness (QED) is 0.641. The maximum absolute atomic E-state index is 12.6. The summed E-state index contributed by atoms with van der Waals surface area (Å²) in [7, 11) is -0.0465. The molecule has 0 amide bonds. The van der Waals surface area contributed by atoms with Crippen molar-refractivity contribution in [2.24, 2.45) is 5.92 Å². The van der Waals surface area contributed by atoms with Gasteiger partial charge >= 0.3 is 0 Å². The molecule has 0 aliphatic carbocycles. The highest BCUT2D eigenvalue weighted by Gasteiger charge is 2.31. The molecule has 1 saturated heterocycles. The van der Waals surface area contributed by atoms with E-state index >= 15 is 0 Å². The van der Waals surface area contributed by atoms with E-state index in [4.69, 9.17) is 4.74 Å². The Morgan fingerprint density at radius 2 is 2.14 bits per heavy atom. The molecule has 1 heterocycles. The molecule has 21 heavy (non-hydrogen) atoms. The van der Waals surface area contributed by atoms with Crippen molar-refractivity contribution in [2.75, 3.05) is 46.9 Å². The Hall–Kier alpha value is -0.210. The highest BCUT2D eigenvalue weighted by molar-refractivity contribution is 7.86. The molecule has 1 atom stereocenters. The van der Waals surface area contributed by atoms with Crippen molar-refractivity contribution in [3.05, 3.63) is 0 Å². The molecule has 0 aromatic rings. The first-order chi connectivity index (χ1) is 9.87. The highest BCUT2D eigenvalue weighted by atomic mass is 32.2. The zero-order valence-corrected chi connectivity index (χ0v) is 14.7. The van der Waals surface area contributed by atoms with Crippen LogP contribution in [0.25, 0.3) is 0 Å². The molecule has 0 aromatic heterocycles. The van der Waals surface area contributed by atoms with Crippen molar-refractivity contribution in [3.8, 4) is 0 Å². The van der Waals surface area contributed by atoms with Crippen molar-refractivity contribution in [1.82, 2.24) is 13.9 Å². The number of ether oxygens (including phenoxy) is 1. The average Bonchev–Trinajstić information content (AvgIpc) is 2.45. The summed E-state index contributed by atoms with van der Waals surface area (Å²) < 4.78 is 33.2. The van der Waals surface area contributed by atoms with Crippen LogP contribution in [-0.4, -0.2) is 70.0 Å². The Labute approximate surface area is 130 Å². The molecule has 0 radical (unpaired) electrons. The van der Waals surface area contributed by atoms with Crippen LogP contribution >= 0.6 is 0 Å². The summed E-state index contributed by atoms with van der Waals surface area (Å²) in [5, 5.41) is 3.41.